The van der Waals surface area contributed by atoms with Gasteiger partial charge in [0, 0.05) is 13.0 Å². The van der Waals surface area contributed by atoms with Gasteiger partial charge in [0.05, 0.1) is 0 Å². The number of nitrogens with zero attached hydrogens (tertiary/aromatic N) is 1. The summed E-state index contributed by atoms with van der Waals surface area (Å²) in [5.41, 5.74) is 10.6. The molecule has 0 aromatic carbocycles. The summed E-state index contributed by atoms with van der Waals surface area (Å²) in [7, 11) is 0. The minimum absolute atomic E-state index is 0.0560. The van der Waals surface area contributed by atoms with Crippen LogP contribution in [0.1, 0.15) is 143 Å². The van der Waals surface area contributed by atoms with Gasteiger partial charge in [-0.05, 0) is 25.2 Å². The van der Waals surface area contributed by atoms with Gasteiger partial charge in [0.1, 0.15) is 12.1 Å². The number of nitrogens with two attached hydrogens (primary N) is 2. The van der Waals surface area contributed by atoms with E-state index in [1.54, 1.807) is 0 Å². The summed E-state index contributed by atoms with van der Waals surface area (Å²) >= 11 is 0. The van der Waals surface area contributed by atoms with Crippen LogP contribution in [0.5, 0.6) is 0 Å². The van der Waals surface area contributed by atoms with Crippen molar-refractivity contribution in [2.45, 2.75) is 155 Å². The molecule has 0 bridgehead atoms. The number of carbonyl (C=O) groups excluding carboxylic acids is 2. The van der Waals surface area contributed by atoms with Crippen molar-refractivity contribution in [3.63, 3.8) is 0 Å². The van der Waals surface area contributed by atoms with Crippen LogP contribution < -0.4 is 22.1 Å². The lowest BCUT2D eigenvalue weighted by molar-refractivity contribution is -0.142. The number of aliphatic carboxylic acids is 1. The van der Waals surface area contributed by atoms with Gasteiger partial charge in [-0.25, -0.2) is 4.79 Å². The Hall–Kier alpha value is -2.32. The number of guanidine groups is 1. The summed E-state index contributed by atoms with van der Waals surface area (Å²) in [5, 5.41) is 14.9. The molecule has 0 aromatic rings. The number of rotatable bonds is 26. The minimum Gasteiger partial charge on any atom is -0.480 e. The number of unbranched alkanes of at least 4 members (excludes halogenated alkanes) is 14. The van der Waals surface area contributed by atoms with E-state index in [1.165, 1.54) is 77.0 Å². The molecule has 0 fully saturated rings. The average molecular weight is 554 g/mol. The maximum absolute atomic E-state index is 12.9. The van der Waals surface area contributed by atoms with E-state index < -0.39 is 24.0 Å². The number of amides is 2. The van der Waals surface area contributed by atoms with Crippen LogP contribution in [-0.4, -0.2) is 47.5 Å². The van der Waals surface area contributed by atoms with E-state index in [1.807, 2.05) is 13.8 Å². The molecule has 228 valence electrons. The first kappa shape index (κ1) is 36.7. The minimum atomic E-state index is -1.12. The predicted molar refractivity (Wildman–Crippen MR) is 160 cm³/mol. The molecule has 0 aliphatic rings. The SMILES string of the molecule is CCCCCCCCCCCCCCCCCC(=O)N[C@H](C(=O)N[C@@H](CCCN=C(N)N)C(=O)O)[C@@H](C)CC. The fourth-order valence-corrected chi connectivity index (χ4v) is 4.63. The normalized spacial score (nSPS) is 13.3. The summed E-state index contributed by atoms with van der Waals surface area (Å²) < 4.78 is 0. The van der Waals surface area contributed by atoms with Crippen LogP contribution in [0.25, 0.3) is 0 Å². The number of aliphatic imine (C=N–C) groups is 1. The Bertz CT molecular complexity index is 682. The fourth-order valence-electron chi connectivity index (χ4n) is 4.63. The molecule has 0 radical (unpaired) electrons. The smallest absolute Gasteiger partial charge is 0.326 e. The number of carboxylic acids is 1. The monoisotopic (exact) mass is 553 g/mol. The maximum atomic E-state index is 12.9. The van der Waals surface area contributed by atoms with E-state index in [0.717, 1.165) is 19.3 Å². The highest BCUT2D eigenvalue weighted by molar-refractivity contribution is 5.90. The molecule has 0 rings (SSSR count). The van der Waals surface area contributed by atoms with E-state index in [2.05, 4.69) is 22.5 Å². The molecule has 9 nitrogen and oxygen atoms in total. The molecule has 9 heteroatoms. The Balaban J connectivity index is 4.17. The quantitative estimate of drug-likeness (QED) is 0.0547. The highest BCUT2D eigenvalue weighted by Gasteiger charge is 2.29. The molecular weight excluding hydrogens is 494 g/mol. The van der Waals surface area contributed by atoms with Gasteiger partial charge >= 0.3 is 5.97 Å². The Kier molecular flexibility index (Phi) is 23.2. The predicted octanol–water partition coefficient (Wildman–Crippen LogP) is 5.40. The van der Waals surface area contributed by atoms with Crippen LogP contribution in [0.15, 0.2) is 4.99 Å². The van der Waals surface area contributed by atoms with Crippen molar-refractivity contribution in [2.75, 3.05) is 6.54 Å². The van der Waals surface area contributed by atoms with Crippen molar-refractivity contribution >= 4 is 23.7 Å². The van der Waals surface area contributed by atoms with E-state index in [9.17, 15) is 19.5 Å². The zero-order valence-corrected chi connectivity index (χ0v) is 25.1. The topological polar surface area (TPSA) is 160 Å². The number of hydrogen-bond acceptors (Lipinski definition) is 4. The van der Waals surface area contributed by atoms with Gasteiger partial charge in [0.2, 0.25) is 11.8 Å². The first-order chi connectivity index (χ1) is 18.7. The summed E-state index contributed by atoms with van der Waals surface area (Å²) in [6.45, 7) is 6.36. The summed E-state index contributed by atoms with van der Waals surface area (Å²) in [6, 6.07) is -1.83. The van der Waals surface area contributed by atoms with E-state index in [0.29, 0.717) is 19.3 Å². The van der Waals surface area contributed by atoms with Crippen molar-refractivity contribution in [1.82, 2.24) is 10.6 Å². The maximum Gasteiger partial charge on any atom is 0.326 e. The van der Waals surface area contributed by atoms with Gasteiger partial charge in [-0.15, -0.1) is 0 Å². The second-order valence-electron chi connectivity index (χ2n) is 11.0. The van der Waals surface area contributed by atoms with Crippen LogP contribution in [0.3, 0.4) is 0 Å². The second kappa shape index (κ2) is 24.7. The van der Waals surface area contributed by atoms with Crippen LogP contribution >= 0.6 is 0 Å². The van der Waals surface area contributed by atoms with Crippen molar-refractivity contribution in [3.05, 3.63) is 0 Å². The zero-order valence-electron chi connectivity index (χ0n) is 25.1. The Morgan fingerprint density at radius 3 is 1.67 bits per heavy atom. The number of hydrogen-bond donors (Lipinski definition) is 5. The fraction of sp³-hybridized carbons (Fsp3) is 0.867. The lowest BCUT2D eigenvalue weighted by Crippen LogP contribution is -2.54. The Morgan fingerprint density at radius 1 is 0.744 bits per heavy atom. The van der Waals surface area contributed by atoms with Crippen molar-refractivity contribution in [1.29, 1.82) is 0 Å². The number of nitrogens with one attached hydrogen (secondary N) is 2. The third-order valence-corrected chi connectivity index (χ3v) is 7.38. The molecule has 2 amide bonds. The van der Waals surface area contributed by atoms with E-state index in [-0.39, 0.29) is 30.8 Å². The van der Waals surface area contributed by atoms with E-state index in [4.69, 9.17) is 11.5 Å². The van der Waals surface area contributed by atoms with Crippen LogP contribution in [0, 0.1) is 5.92 Å². The molecule has 0 aliphatic carbocycles. The molecule has 0 saturated carbocycles. The third kappa shape index (κ3) is 21.2. The van der Waals surface area contributed by atoms with Gasteiger partial charge < -0.3 is 27.2 Å². The van der Waals surface area contributed by atoms with Gasteiger partial charge in [0.15, 0.2) is 5.96 Å². The Morgan fingerprint density at radius 2 is 1.23 bits per heavy atom. The standard InChI is InChI=1S/C30H59N5O4/c1-4-6-7-8-9-10-11-12-13-14-15-16-17-18-19-22-26(36)35-27(24(3)5-2)28(37)34-25(29(38)39)21-20-23-33-30(31)32/h24-25,27H,4-23H2,1-3H3,(H,34,37)(H,35,36)(H,38,39)(H4,31,32,33)/t24-,25-,27-/m0/s1. The largest absolute Gasteiger partial charge is 0.480 e. The Labute approximate surface area is 237 Å². The number of carbonyl (C=O) groups is 3. The summed E-state index contributed by atoms with van der Waals surface area (Å²) in [4.78, 5) is 40.9. The molecule has 0 aromatic heterocycles. The van der Waals surface area contributed by atoms with Crippen molar-refractivity contribution in [3.8, 4) is 0 Å². The summed E-state index contributed by atoms with van der Waals surface area (Å²) in [5.74, 6) is -1.93. The van der Waals surface area contributed by atoms with Gasteiger partial charge in [0.25, 0.3) is 0 Å². The zero-order chi connectivity index (χ0) is 29.3. The van der Waals surface area contributed by atoms with Crippen molar-refractivity contribution < 1.29 is 19.5 Å². The highest BCUT2D eigenvalue weighted by atomic mass is 16.4. The van der Waals surface area contributed by atoms with Gasteiger partial charge in [-0.1, -0.05) is 117 Å². The van der Waals surface area contributed by atoms with Gasteiger partial charge in [-0.2, -0.15) is 0 Å². The average Bonchev–Trinajstić information content (AvgIpc) is 2.90. The molecular formula is C30H59N5O4. The molecule has 7 N–H and O–H groups in total. The molecule has 0 heterocycles. The third-order valence-electron chi connectivity index (χ3n) is 7.38. The lowest BCUT2D eigenvalue weighted by atomic mass is 9.97. The molecule has 39 heavy (non-hydrogen) atoms. The molecule has 0 spiro atoms. The highest BCUT2D eigenvalue weighted by Crippen LogP contribution is 2.14. The first-order valence-electron chi connectivity index (χ1n) is 15.6. The van der Waals surface area contributed by atoms with Crippen LogP contribution in [-0.2, 0) is 14.4 Å². The second-order valence-corrected chi connectivity index (χ2v) is 11.0. The van der Waals surface area contributed by atoms with Gasteiger partial charge in [-0.3, -0.25) is 14.6 Å². The lowest BCUT2D eigenvalue weighted by Gasteiger charge is -2.25. The van der Waals surface area contributed by atoms with Crippen LogP contribution in [0.2, 0.25) is 0 Å². The molecule has 3 atom stereocenters. The molecule has 0 unspecified atom stereocenters. The first-order valence-corrected chi connectivity index (χ1v) is 15.6. The van der Waals surface area contributed by atoms with Crippen molar-refractivity contribution in [2.24, 2.45) is 22.4 Å². The summed E-state index contributed by atoms with van der Waals surface area (Å²) in [6.07, 6.45) is 20.6. The van der Waals surface area contributed by atoms with Crippen LogP contribution in [0.4, 0.5) is 0 Å². The van der Waals surface area contributed by atoms with E-state index >= 15 is 0 Å². The molecule has 0 saturated heterocycles. The molecule has 0 aliphatic heterocycles. The number of carboxylic acid groups (broad SMARTS) is 1.